The molecular formula is C25H33IN4O2. The third-order valence-corrected chi connectivity index (χ3v) is 5.98. The normalized spacial score (nSPS) is 18.0. The van der Waals surface area contributed by atoms with Crippen LogP contribution in [0.15, 0.2) is 64.2 Å². The van der Waals surface area contributed by atoms with E-state index < -0.39 is 0 Å². The number of benzene rings is 1. The number of likely N-dealkylation sites (tertiary alicyclic amines) is 1. The molecule has 2 aliphatic heterocycles. The van der Waals surface area contributed by atoms with Crippen molar-refractivity contribution in [2.75, 3.05) is 37.6 Å². The molecule has 1 aromatic heterocycles. The predicted octanol–water partition coefficient (Wildman–Crippen LogP) is 4.58. The highest BCUT2D eigenvalue weighted by Crippen LogP contribution is 2.38. The molecule has 2 aliphatic rings. The number of aliphatic imine (C=N–C) groups is 1. The molecule has 6 nitrogen and oxygen atoms in total. The van der Waals surface area contributed by atoms with Crippen molar-refractivity contribution in [1.29, 1.82) is 0 Å². The van der Waals surface area contributed by atoms with E-state index in [1.165, 1.54) is 11.3 Å². The Balaban J connectivity index is 0.00000289. The van der Waals surface area contributed by atoms with E-state index in [4.69, 9.17) is 9.41 Å². The molecule has 0 radical (unpaired) electrons. The van der Waals surface area contributed by atoms with Gasteiger partial charge in [-0.3, -0.25) is 4.79 Å². The van der Waals surface area contributed by atoms with E-state index in [2.05, 4.69) is 41.1 Å². The summed E-state index contributed by atoms with van der Waals surface area (Å²) in [6, 6.07) is 12.5. The largest absolute Gasteiger partial charge is 0.469 e. The molecule has 0 aliphatic carbocycles. The van der Waals surface area contributed by atoms with Crippen LogP contribution in [0.1, 0.15) is 43.4 Å². The maximum atomic E-state index is 12.0. The summed E-state index contributed by atoms with van der Waals surface area (Å²) < 4.78 is 5.46. The molecule has 1 aromatic carbocycles. The van der Waals surface area contributed by atoms with Gasteiger partial charge in [0.15, 0.2) is 5.96 Å². The Labute approximate surface area is 207 Å². The number of para-hydroxylation sites is 1. The van der Waals surface area contributed by atoms with Gasteiger partial charge in [-0.15, -0.1) is 24.0 Å². The summed E-state index contributed by atoms with van der Waals surface area (Å²) in [4.78, 5) is 21.2. The molecule has 0 saturated carbocycles. The molecule has 1 unspecified atom stereocenters. The Morgan fingerprint density at radius 3 is 2.84 bits per heavy atom. The van der Waals surface area contributed by atoms with Crippen LogP contribution in [0.2, 0.25) is 0 Å². The summed E-state index contributed by atoms with van der Waals surface area (Å²) >= 11 is 0. The van der Waals surface area contributed by atoms with Crippen molar-refractivity contribution < 1.29 is 9.21 Å². The molecule has 1 N–H and O–H groups in total. The average Bonchev–Trinajstić information content (AvgIpc) is 3.50. The third-order valence-electron chi connectivity index (χ3n) is 5.98. The Bertz CT molecular complexity index is 941. The average molecular weight is 548 g/mol. The summed E-state index contributed by atoms with van der Waals surface area (Å²) in [7, 11) is 0. The van der Waals surface area contributed by atoms with Crippen LogP contribution in [-0.4, -0.2) is 49.5 Å². The number of furan rings is 1. The highest BCUT2D eigenvalue weighted by Gasteiger charge is 2.32. The molecule has 32 heavy (non-hydrogen) atoms. The first kappa shape index (κ1) is 24.4. The van der Waals surface area contributed by atoms with Crippen molar-refractivity contribution in [3.63, 3.8) is 0 Å². The minimum atomic E-state index is 0. The Hall–Kier alpha value is -2.29. The van der Waals surface area contributed by atoms with Gasteiger partial charge in [0.05, 0.1) is 12.8 Å². The van der Waals surface area contributed by atoms with Crippen LogP contribution in [0.5, 0.6) is 0 Å². The molecule has 0 bridgehead atoms. The van der Waals surface area contributed by atoms with Crippen LogP contribution in [-0.2, 0) is 11.2 Å². The summed E-state index contributed by atoms with van der Waals surface area (Å²) in [6.07, 6.45) is 5.17. The maximum Gasteiger partial charge on any atom is 0.222 e. The number of carbonyl (C=O) groups excluding carboxylic acids is 1. The first-order valence-corrected chi connectivity index (χ1v) is 11.2. The van der Waals surface area contributed by atoms with Crippen molar-refractivity contribution in [3.8, 4) is 0 Å². The number of fused-ring (bicyclic) bond motifs is 1. The standard InChI is InChI=1S/C25H32N4O2.HI/c1-19(2)17-27-25(26-13-11-21-7-6-16-31-21)29-18-20(22-8-3-4-9-23(22)29)12-15-28-14-5-10-24(28)30;/h3-4,6-9,16,20H,1,5,10-15,17-18H2,2H3,(H,26,27);1H. The van der Waals surface area contributed by atoms with Crippen molar-refractivity contribution in [1.82, 2.24) is 10.2 Å². The highest BCUT2D eigenvalue weighted by molar-refractivity contribution is 14.0. The van der Waals surface area contributed by atoms with Crippen LogP contribution < -0.4 is 10.2 Å². The Kier molecular flexibility index (Phi) is 8.78. The molecule has 1 atom stereocenters. The van der Waals surface area contributed by atoms with Crippen molar-refractivity contribution in [2.24, 2.45) is 4.99 Å². The second kappa shape index (κ2) is 11.5. The van der Waals surface area contributed by atoms with Crippen molar-refractivity contribution >= 4 is 41.5 Å². The molecule has 1 saturated heterocycles. The lowest BCUT2D eigenvalue weighted by Gasteiger charge is -2.24. The number of nitrogens with zero attached hydrogens (tertiary/aromatic N) is 3. The highest BCUT2D eigenvalue weighted by atomic mass is 127. The number of hydrogen-bond acceptors (Lipinski definition) is 3. The van der Waals surface area contributed by atoms with E-state index in [9.17, 15) is 4.79 Å². The van der Waals surface area contributed by atoms with Gasteiger partial charge in [-0.25, -0.2) is 4.99 Å². The summed E-state index contributed by atoms with van der Waals surface area (Å²) in [5.74, 6) is 2.52. The lowest BCUT2D eigenvalue weighted by atomic mass is 9.98. The summed E-state index contributed by atoms with van der Waals surface area (Å²) in [6.45, 7) is 9.94. The number of nitrogens with one attached hydrogen (secondary N) is 1. The van der Waals surface area contributed by atoms with Gasteiger partial charge < -0.3 is 19.5 Å². The molecule has 172 valence electrons. The quantitative estimate of drug-likeness (QED) is 0.227. The van der Waals surface area contributed by atoms with Crippen LogP contribution >= 0.6 is 24.0 Å². The topological polar surface area (TPSA) is 61.1 Å². The zero-order valence-electron chi connectivity index (χ0n) is 18.8. The van der Waals surface area contributed by atoms with E-state index in [-0.39, 0.29) is 24.0 Å². The third kappa shape index (κ3) is 5.94. The van der Waals surface area contributed by atoms with Gasteiger partial charge in [0, 0.05) is 50.6 Å². The monoisotopic (exact) mass is 548 g/mol. The second-order valence-corrected chi connectivity index (χ2v) is 8.49. The fourth-order valence-corrected chi connectivity index (χ4v) is 4.39. The summed E-state index contributed by atoms with van der Waals surface area (Å²) in [5.41, 5.74) is 3.57. The molecule has 1 fully saturated rings. The van der Waals surface area contributed by atoms with E-state index in [1.807, 2.05) is 24.0 Å². The van der Waals surface area contributed by atoms with E-state index in [1.54, 1.807) is 6.26 Å². The summed E-state index contributed by atoms with van der Waals surface area (Å²) in [5, 5.41) is 3.53. The number of amides is 1. The van der Waals surface area contributed by atoms with Crippen LogP contribution in [0.25, 0.3) is 0 Å². The van der Waals surface area contributed by atoms with E-state index in [0.717, 1.165) is 62.7 Å². The Morgan fingerprint density at radius 2 is 2.12 bits per heavy atom. The van der Waals surface area contributed by atoms with Crippen LogP contribution in [0, 0.1) is 0 Å². The first-order valence-electron chi connectivity index (χ1n) is 11.2. The van der Waals surface area contributed by atoms with Gasteiger partial charge in [-0.05, 0) is 43.5 Å². The van der Waals surface area contributed by atoms with Crippen LogP contribution in [0.4, 0.5) is 5.69 Å². The minimum absolute atomic E-state index is 0. The lowest BCUT2D eigenvalue weighted by molar-refractivity contribution is -0.127. The van der Waals surface area contributed by atoms with Gasteiger partial charge in [0.2, 0.25) is 5.91 Å². The molecule has 2 aromatic rings. The fourth-order valence-electron chi connectivity index (χ4n) is 4.39. The maximum absolute atomic E-state index is 12.0. The molecule has 7 heteroatoms. The zero-order valence-corrected chi connectivity index (χ0v) is 21.1. The number of anilines is 1. The SMILES string of the molecule is C=C(C)CN=C(NCCc1ccco1)N1CC(CCN2CCCC2=O)c2ccccc21.I. The number of halogens is 1. The van der Waals surface area contributed by atoms with Crippen LogP contribution in [0.3, 0.4) is 0 Å². The fraction of sp³-hybridized carbons (Fsp3) is 0.440. The minimum Gasteiger partial charge on any atom is -0.469 e. The van der Waals surface area contributed by atoms with E-state index in [0.29, 0.717) is 24.8 Å². The van der Waals surface area contributed by atoms with Gasteiger partial charge in [-0.1, -0.05) is 30.4 Å². The number of rotatable bonds is 8. The predicted molar refractivity (Wildman–Crippen MR) is 140 cm³/mol. The first-order chi connectivity index (χ1) is 15.1. The van der Waals surface area contributed by atoms with Gasteiger partial charge >= 0.3 is 0 Å². The second-order valence-electron chi connectivity index (χ2n) is 8.49. The van der Waals surface area contributed by atoms with Gasteiger partial charge in [0.1, 0.15) is 5.76 Å². The zero-order chi connectivity index (χ0) is 21.6. The molecule has 0 spiro atoms. The number of guanidine groups is 1. The lowest BCUT2D eigenvalue weighted by Crippen LogP contribution is -2.42. The van der Waals surface area contributed by atoms with Gasteiger partial charge in [0.25, 0.3) is 0 Å². The number of carbonyl (C=O) groups is 1. The van der Waals surface area contributed by atoms with Crippen molar-refractivity contribution in [2.45, 2.75) is 38.5 Å². The smallest absolute Gasteiger partial charge is 0.222 e. The Morgan fingerprint density at radius 1 is 1.28 bits per heavy atom. The van der Waals surface area contributed by atoms with Crippen molar-refractivity contribution in [3.05, 3.63) is 66.1 Å². The van der Waals surface area contributed by atoms with E-state index >= 15 is 0 Å². The molecule has 1 amide bonds. The molecule has 4 rings (SSSR count). The number of hydrogen-bond donors (Lipinski definition) is 1. The molecular weight excluding hydrogens is 515 g/mol. The van der Waals surface area contributed by atoms with Gasteiger partial charge in [-0.2, -0.15) is 0 Å². The molecule has 3 heterocycles.